The summed E-state index contributed by atoms with van der Waals surface area (Å²) in [5.74, 6) is -0.512. The van der Waals surface area contributed by atoms with Crippen molar-refractivity contribution >= 4 is 62.1 Å². The first-order chi connectivity index (χ1) is 12.1. The van der Waals surface area contributed by atoms with Crippen molar-refractivity contribution < 1.29 is 13.2 Å². The van der Waals surface area contributed by atoms with Gasteiger partial charge in [-0.15, -0.1) is 0 Å². The van der Waals surface area contributed by atoms with Crippen molar-refractivity contribution in [1.82, 2.24) is 0 Å². The lowest BCUT2D eigenvalue weighted by atomic mass is 10.1. The monoisotopic (exact) mass is 434 g/mol. The van der Waals surface area contributed by atoms with Gasteiger partial charge in [0.25, 0.3) is 0 Å². The lowest BCUT2D eigenvalue weighted by Crippen LogP contribution is -2.37. The van der Waals surface area contributed by atoms with E-state index in [-0.39, 0.29) is 20.8 Å². The highest BCUT2D eigenvalue weighted by Gasteiger charge is 2.24. The maximum Gasteiger partial charge on any atom is 0.245 e. The number of rotatable bonds is 6. The van der Waals surface area contributed by atoms with Crippen molar-refractivity contribution in [2.24, 2.45) is 0 Å². The van der Waals surface area contributed by atoms with Crippen molar-refractivity contribution in [2.45, 2.75) is 13.3 Å². The van der Waals surface area contributed by atoms with E-state index in [2.05, 4.69) is 5.32 Å². The maximum atomic E-state index is 12.3. The normalized spacial score (nSPS) is 11.3. The average Bonchev–Trinajstić information content (AvgIpc) is 2.56. The summed E-state index contributed by atoms with van der Waals surface area (Å²) >= 11 is 17.9. The summed E-state index contributed by atoms with van der Waals surface area (Å²) in [4.78, 5) is 12.3. The zero-order chi connectivity index (χ0) is 19.5. The Kier molecular flexibility index (Phi) is 6.80. The van der Waals surface area contributed by atoms with E-state index in [0.717, 1.165) is 22.5 Å². The number of amides is 1. The Morgan fingerprint density at radius 3 is 2.15 bits per heavy atom. The van der Waals surface area contributed by atoms with Gasteiger partial charge in [-0.25, -0.2) is 8.42 Å². The maximum absolute atomic E-state index is 12.3. The standard InChI is InChI=1S/C17H17Cl3N2O3S/c1-3-11-4-6-12(7-5-11)21-17(23)10-22(26(2,24)25)16-9-14(19)13(18)8-15(16)20/h4-9H,3,10H2,1-2H3,(H,21,23). The smallest absolute Gasteiger partial charge is 0.245 e. The second kappa shape index (κ2) is 8.48. The number of aryl methyl sites for hydroxylation is 1. The molecule has 0 bridgehead atoms. The van der Waals surface area contributed by atoms with Gasteiger partial charge in [0, 0.05) is 5.69 Å². The topological polar surface area (TPSA) is 66.5 Å². The summed E-state index contributed by atoms with van der Waals surface area (Å²) in [5.41, 5.74) is 1.78. The molecule has 9 heteroatoms. The summed E-state index contributed by atoms with van der Waals surface area (Å²) in [7, 11) is -3.78. The molecule has 1 N–H and O–H groups in total. The minimum absolute atomic E-state index is 0.0740. The molecule has 2 aromatic rings. The molecule has 0 aromatic heterocycles. The summed E-state index contributed by atoms with van der Waals surface area (Å²) < 4.78 is 25.2. The number of benzene rings is 2. The van der Waals surface area contributed by atoms with Gasteiger partial charge in [-0.3, -0.25) is 9.10 Å². The first-order valence-corrected chi connectivity index (χ1v) is 10.6. The molecule has 0 aliphatic carbocycles. The Bertz CT molecular complexity index is 916. The molecule has 0 fully saturated rings. The fraction of sp³-hybridized carbons (Fsp3) is 0.235. The summed E-state index contributed by atoms with van der Waals surface area (Å²) in [6.07, 6.45) is 1.86. The minimum atomic E-state index is -3.78. The van der Waals surface area contributed by atoms with Gasteiger partial charge in [-0.05, 0) is 36.2 Å². The summed E-state index contributed by atoms with van der Waals surface area (Å²) in [6.45, 7) is 1.57. The summed E-state index contributed by atoms with van der Waals surface area (Å²) in [5, 5.41) is 3.06. The van der Waals surface area contributed by atoms with Gasteiger partial charge >= 0.3 is 0 Å². The molecule has 0 aliphatic rings. The van der Waals surface area contributed by atoms with E-state index in [4.69, 9.17) is 34.8 Å². The highest BCUT2D eigenvalue weighted by atomic mass is 35.5. The molecule has 26 heavy (non-hydrogen) atoms. The van der Waals surface area contributed by atoms with Gasteiger partial charge < -0.3 is 5.32 Å². The molecule has 2 rings (SSSR count). The minimum Gasteiger partial charge on any atom is -0.325 e. The van der Waals surface area contributed by atoms with Crippen LogP contribution in [0, 0.1) is 0 Å². The number of carbonyl (C=O) groups is 1. The van der Waals surface area contributed by atoms with Crippen molar-refractivity contribution in [3.05, 3.63) is 57.0 Å². The van der Waals surface area contributed by atoms with Crippen LogP contribution in [-0.2, 0) is 21.2 Å². The van der Waals surface area contributed by atoms with Crippen LogP contribution in [0.4, 0.5) is 11.4 Å². The van der Waals surface area contributed by atoms with Crippen LogP contribution in [0.15, 0.2) is 36.4 Å². The van der Waals surface area contributed by atoms with Gasteiger partial charge in [0.2, 0.25) is 15.9 Å². The first-order valence-electron chi connectivity index (χ1n) is 7.63. The number of nitrogens with zero attached hydrogens (tertiary/aromatic N) is 1. The highest BCUT2D eigenvalue weighted by Crippen LogP contribution is 2.35. The lowest BCUT2D eigenvalue weighted by molar-refractivity contribution is -0.114. The van der Waals surface area contributed by atoms with E-state index in [1.54, 1.807) is 12.1 Å². The Hall–Kier alpha value is -1.47. The Balaban J connectivity index is 2.26. The van der Waals surface area contributed by atoms with Gasteiger partial charge in [0.05, 0.1) is 27.0 Å². The van der Waals surface area contributed by atoms with Crippen molar-refractivity contribution in [3.8, 4) is 0 Å². The lowest BCUT2D eigenvalue weighted by Gasteiger charge is -2.23. The third-order valence-electron chi connectivity index (χ3n) is 3.59. The van der Waals surface area contributed by atoms with Crippen LogP contribution in [0.25, 0.3) is 0 Å². The third kappa shape index (κ3) is 5.27. The van der Waals surface area contributed by atoms with Crippen LogP contribution in [0.1, 0.15) is 12.5 Å². The number of nitrogens with one attached hydrogen (secondary N) is 1. The molecule has 2 aromatic carbocycles. The molecule has 0 unspecified atom stereocenters. The molecule has 1 amide bonds. The van der Waals surface area contributed by atoms with Crippen LogP contribution < -0.4 is 9.62 Å². The number of carbonyl (C=O) groups excluding carboxylic acids is 1. The average molecular weight is 436 g/mol. The fourth-order valence-electron chi connectivity index (χ4n) is 2.24. The highest BCUT2D eigenvalue weighted by molar-refractivity contribution is 7.92. The van der Waals surface area contributed by atoms with E-state index < -0.39 is 22.5 Å². The Morgan fingerprint density at radius 1 is 1.04 bits per heavy atom. The number of sulfonamides is 1. The molecule has 0 aliphatic heterocycles. The van der Waals surface area contributed by atoms with Gasteiger partial charge in [-0.1, -0.05) is 53.9 Å². The van der Waals surface area contributed by atoms with Crippen molar-refractivity contribution in [3.63, 3.8) is 0 Å². The fourth-order valence-corrected chi connectivity index (χ4v) is 3.79. The zero-order valence-electron chi connectivity index (χ0n) is 14.1. The SMILES string of the molecule is CCc1ccc(NC(=O)CN(c2cc(Cl)c(Cl)cc2Cl)S(C)(=O)=O)cc1. The molecule has 0 radical (unpaired) electrons. The zero-order valence-corrected chi connectivity index (χ0v) is 17.2. The van der Waals surface area contributed by atoms with Crippen LogP contribution in [-0.4, -0.2) is 27.1 Å². The second-order valence-corrected chi connectivity index (χ2v) is 8.71. The first kappa shape index (κ1) is 20.8. The van der Waals surface area contributed by atoms with E-state index in [1.165, 1.54) is 12.1 Å². The number of halogens is 3. The van der Waals surface area contributed by atoms with Gasteiger partial charge in [0.1, 0.15) is 6.54 Å². The Morgan fingerprint density at radius 2 is 1.62 bits per heavy atom. The number of hydrogen-bond acceptors (Lipinski definition) is 3. The Labute approximate surface area is 167 Å². The predicted octanol–water partition coefficient (Wildman–Crippen LogP) is 4.61. The molecular weight excluding hydrogens is 419 g/mol. The van der Waals surface area contributed by atoms with Crippen LogP contribution in [0.3, 0.4) is 0 Å². The molecular formula is C17H17Cl3N2O3S. The molecule has 140 valence electrons. The third-order valence-corrected chi connectivity index (χ3v) is 5.74. The molecule has 5 nitrogen and oxygen atoms in total. The van der Waals surface area contributed by atoms with Crippen LogP contribution >= 0.6 is 34.8 Å². The number of anilines is 2. The van der Waals surface area contributed by atoms with Crippen LogP contribution in [0.5, 0.6) is 0 Å². The summed E-state index contributed by atoms with van der Waals surface area (Å²) in [6, 6.07) is 9.94. The second-order valence-electron chi connectivity index (χ2n) is 5.59. The van der Waals surface area contributed by atoms with E-state index in [9.17, 15) is 13.2 Å². The van der Waals surface area contributed by atoms with E-state index >= 15 is 0 Å². The number of hydrogen-bond donors (Lipinski definition) is 1. The molecule has 0 atom stereocenters. The van der Waals surface area contributed by atoms with Crippen molar-refractivity contribution in [2.75, 3.05) is 22.4 Å². The van der Waals surface area contributed by atoms with Crippen LogP contribution in [0.2, 0.25) is 15.1 Å². The molecule has 0 saturated carbocycles. The predicted molar refractivity (Wildman–Crippen MR) is 108 cm³/mol. The van der Waals surface area contributed by atoms with Gasteiger partial charge in [0.15, 0.2) is 0 Å². The van der Waals surface area contributed by atoms with Crippen molar-refractivity contribution in [1.29, 1.82) is 0 Å². The largest absolute Gasteiger partial charge is 0.325 e. The van der Waals surface area contributed by atoms with E-state index in [1.807, 2.05) is 19.1 Å². The quantitative estimate of drug-likeness (QED) is 0.674. The van der Waals surface area contributed by atoms with Gasteiger partial charge in [-0.2, -0.15) is 0 Å². The molecule has 0 heterocycles. The van der Waals surface area contributed by atoms with E-state index in [0.29, 0.717) is 5.69 Å². The molecule has 0 spiro atoms. The molecule has 0 saturated heterocycles.